The van der Waals surface area contributed by atoms with E-state index in [2.05, 4.69) is 29.5 Å². The summed E-state index contributed by atoms with van der Waals surface area (Å²) in [5, 5.41) is 6.09. The van der Waals surface area contributed by atoms with Crippen LogP contribution in [0.5, 0.6) is 0 Å². The van der Waals surface area contributed by atoms with Crippen LogP contribution < -0.4 is 10.6 Å². The molecule has 118 valence electrons. The molecule has 4 heteroatoms. The van der Waals surface area contributed by atoms with Crippen molar-refractivity contribution in [1.82, 2.24) is 10.3 Å². The van der Waals surface area contributed by atoms with Gasteiger partial charge in [0, 0.05) is 24.3 Å². The van der Waals surface area contributed by atoms with Crippen molar-refractivity contribution in [2.45, 2.75) is 65.3 Å². The van der Waals surface area contributed by atoms with Gasteiger partial charge in [0.2, 0.25) is 0 Å². The quantitative estimate of drug-likeness (QED) is 0.681. The van der Waals surface area contributed by atoms with Gasteiger partial charge < -0.3 is 10.6 Å². The molecule has 0 bridgehead atoms. The molecule has 0 fully saturated rings. The number of amides is 1. The van der Waals surface area contributed by atoms with Gasteiger partial charge >= 0.3 is 0 Å². The number of carbonyl (C=O) groups excluding carboxylic acids is 1. The molecular weight excluding hydrogens is 262 g/mol. The number of rotatable bonds is 9. The van der Waals surface area contributed by atoms with Crippen LogP contribution in [0.4, 0.5) is 5.82 Å². The monoisotopic (exact) mass is 291 g/mol. The average molecular weight is 291 g/mol. The van der Waals surface area contributed by atoms with Gasteiger partial charge in [0.1, 0.15) is 5.82 Å². The van der Waals surface area contributed by atoms with Crippen molar-refractivity contribution in [3.63, 3.8) is 0 Å². The standard InChI is InChI=1S/C17H29N3O/c1-5-7-8-9-10-13(3)19-17(21)14-11-15(6-2)20-16(12-14)18-4/h11-13H,5-10H2,1-4H3,(H,18,20)(H,19,21). The zero-order valence-electron chi connectivity index (χ0n) is 13.8. The third-order valence-corrected chi connectivity index (χ3v) is 3.63. The molecule has 1 aromatic rings. The molecule has 0 aliphatic carbocycles. The molecule has 0 saturated carbocycles. The fourth-order valence-electron chi connectivity index (χ4n) is 2.28. The summed E-state index contributed by atoms with van der Waals surface area (Å²) in [6.45, 7) is 6.32. The highest BCUT2D eigenvalue weighted by Gasteiger charge is 2.12. The Morgan fingerprint density at radius 3 is 2.62 bits per heavy atom. The molecule has 0 saturated heterocycles. The maximum absolute atomic E-state index is 12.3. The first kappa shape index (κ1) is 17.5. The summed E-state index contributed by atoms with van der Waals surface area (Å²) >= 11 is 0. The van der Waals surface area contributed by atoms with Crippen molar-refractivity contribution in [3.05, 3.63) is 23.4 Å². The fourth-order valence-corrected chi connectivity index (χ4v) is 2.28. The van der Waals surface area contributed by atoms with Crippen molar-refractivity contribution in [3.8, 4) is 0 Å². The predicted octanol–water partition coefficient (Wildman–Crippen LogP) is 3.77. The minimum atomic E-state index is -0.00779. The van der Waals surface area contributed by atoms with E-state index in [4.69, 9.17) is 0 Å². The minimum absolute atomic E-state index is 0.00779. The number of carbonyl (C=O) groups is 1. The molecule has 0 radical (unpaired) electrons. The second kappa shape index (κ2) is 9.37. The largest absolute Gasteiger partial charge is 0.373 e. The molecule has 1 heterocycles. The van der Waals surface area contributed by atoms with Gasteiger partial charge in [-0.05, 0) is 31.9 Å². The average Bonchev–Trinajstić information content (AvgIpc) is 2.50. The minimum Gasteiger partial charge on any atom is -0.373 e. The topological polar surface area (TPSA) is 54.0 Å². The molecule has 1 rings (SSSR count). The molecule has 0 aliphatic rings. The van der Waals surface area contributed by atoms with E-state index in [1.165, 1.54) is 25.7 Å². The Bertz CT molecular complexity index is 423. The van der Waals surface area contributed by atoms with Crippen LogP contribution in [0.1, 0.15) is 68.9 Å². The molecule has 1 atom stereocenters. The van der Waals surface area contributed by atoms with Crippen LogP contribution in [0, 0.1) is 0 Å². The lowest BCUT2D eigenvalue weighted by atomic mass is 10.1. The van der Waals surface area contributed by atoms with Gasteiger partial charge in [-0.15, -0.1) is 0 Å². The van der Waals surface area contributed by atoms with Gasteiger partial charge in [-0.25, -0.2) is 4.98 Å². The lowest BCUT2D eigenvalue weighted by Crippen LogP contribution is -2.32. The lowest BCUT2D eigenvalue weighted by molar-refractivity contribution is 0.0937. The zero-order valence-corrected chi connectivity index (χ0v) is 13.8. The van der Waals surface area contributed by atoms with E-state index in [1.807, 2.05) is 20.0 Å². The summed E-state index contributed by atoms with van der Waals surface area (Å²) in [5.74, 6) is 0.738. The molecule has 0 spiro atoms. The van der Waals surface area contributed by atoms with Gasteiger partial charge in [0.05, 0.1) is 0 Å². The molecule has 0 aromatic carbocycles. The molecule has 1 unspecified atom stereocenters. The van der Waals surface area contributed by atoms with Crippen LogP contribution in [0.25, 0.3) is 0 Å². The Labute approximate surface area is 128 Å². The highest BCUT2D eigenvalue weighted by atomic mass is 16.1. The van der Waals surface area contributed by atoms with Gasteiger partial charge in [-0.2, -0.15) is 0 Å². The number of hydrogen-bond acceptors (Lipinski definition) is 3. The number of hydrogen-bond donors (Lipinski definition) is 2. The van der Waals surface area contributed by atoms with E-state index in [0.717, 1.165) is 24.4 Å². The second-order valence-electron chi connectivity index (χ2n) is 5.56. The maximum atomic E-state index is 12.3. The Morgan fingerprint density at radius 2 is 2.00 bits per heavy atom. The van der Waals surface area contributed by atoms with Crippen molar-refractivity contribution >= 4 is 11.7 Å². The number of aromatic nitrogens is 1. The summed E-state index contributed by atoms with van der Waals surface area (Å²) in [5.41, 5.74) is 1.62. The van der Waals surface area contributed by atoms with Gasteiger partial charge in [0.15, 0.2) is 0 Å². The van der Waals surface area contributed by atoms with Crippen LogP contribution in [0.3, 0.4) is 0 Å². The number of nitrogens with one attached hydrogen (secondary N) is 2. The van der Waals surface area contributed by atoms with E-state index in [9.17, 15) is 4.79 Å². The van der Waals surface area contributed by atoms with Crippen LogP contribution in [-0.4, -0.2) is 24.0 Å². The first-order chi connectivity index (χ1) is 10.1. The SMILES string of the molecule is CCCCCCC(C)NC(=O)c1cc(CC)nc(NC)c1. The van der Waals surface area contributed by atoms with Crippen molar-refractivity contribution in [2.75, 3.05) is 12.4 Å². The summed E-state index contributed by atoms with van der Waals surface area (Å²) in [6.07, 6.45) is 6.79. The number of aryl methyl sites for hydroxylation is 1. The van der Waals surface area contributed by atoms with Crippen molar-refractivity contribution < 1.29 is 4.79 Å². The summed E-state index contributed by atoms with van der Waals surface area (Å²) in [6, 6.07) is 3.89. The molecule has 4 nitrogen and oxygen atoms in total. The number of anilines is 1. The Hall–Kier alpha value is -1.58. The number of unbranched alkanes of at least 4 members (excludes halogenated alkanes) is 3. The summed E-state index contributed by atoms with van der Waals surface area (Å²) < 4.78 is 0. The van der Waals surface area contributed by atoms with E-state index >= 15 is 0 Å². The van der Waals surface area contributed by atoms with E-state index in [1.54, 1.807) is 6.07 Å². The molecule has 1 aromatic heterocycles. The molecule has 1 amide bonds. The van der Waals surface area contributed by atoms with Gasteiger partial charge in [-0.1, -0.05) is 39.5 Å². The highest BCUT2D eigenvalue weighted by Crippen LogP contribution is 2.12. The van der Waals surface area contributed by atoms with Crippen LogP contribution >= 0.6 is 0 Å². The third-order valence-electron chi connectivity index (χ3n) is 3.63. The smallest absolute Gasteiger partial charge is 0.251 e. The molecule has 0 aliphatic heterocycles. The first-order valence-corrected chi connectivity index (χ1v) is 8.10. The van der Waals surface area contributed by atoms with Crippen LogP contribution in [0.2, 0.25) is 0 Å². The van der Waals surface area contributed by atoms with E-state index in [0.29, 0.717) is 5.56 Å². The normalized spacial score (nSPS) is 12.0. The Kier molecular flexibility index (Phi) is 7.80. The Morgan fingerprint density at radius 1 is 1.24 bits per heavy atom. The summed E-state index contributed by atoms with van der Waals surface area (Å²) in [4.78, 5) is 16.7. The van der Waals surface area contributed by atoms with E-state index < -0.39 is 0 Å². The van der Waals surface area contributed by atoms with Gasteiger partial charge in [0.25, 0.3) is 5.91 Å². The molecular formula is C17H29N3O. The number of nitrogens with zero attached hydrogens (tertiary/aromatic N) is 1. The van der Waals surface area contributed by atoms with Crippen molar-refractivity contribution in [1.29, 1.82) is 0 Å². The lowest BCUT2D eigenvalue weighted by Gasteiger charge is -2.14. The molecule has 21 heavy (non-hydrogen) atoms. The predicted molar refractivity (Wildman–Crippen MR) is 88.8 cm³/mol. The molecule has 2 N–H and O–H groups in total. The van der Waals surface area contributed by atoms with E-state index in [-0.39, 0.29) is 11.9 Å². The first-order valence-electron chi connectivity index (χ1n) is 8.10. The third kappa shape index (κ3) is 6.15. The Balaban J connectivity index is 2.58. The second-order valence-corrected chi connectivity index (χ2v) is 5.56. The summed E-state index contributed by atoms with van der Waals surface area (Å²) in [7, 11) is 1.82. The zero-order chi connectivity index (χ0) is 15.7. The van der Waals surface area contributed by atoms with Crippen LogP contribution in [0.15, 0.2) is 12.1 Å². The highest BCUT2D eigenvalue weighted by molar-refractivity contribution is 5.95. The maximum Gasteiger partial charge on any atom is 0.251 e. The number of pyridine rings is 1. The van der Waals surface area contributed by atoms with Crippen molar-refractivity contribution in [2.24, 2.45) is 0 Å². The van der Waals surface area contributed by atoms with Crippen LogP contribution in [-0.2, 0) is 6.42 Å². The fraction of sp³-hybridized carbons (Fsp3) is 0.647. The van der Waals surface area contributed by atoms with Gasteiger partial charge in [-0.3, -0.25) is 4.79 Å².